The van der Waals surface area contributed by atoms with Gasteiger partial charge in [0.1, 0.15) is 5.69 Å². The molecular weight excluding hydrogens is 329 g/mol. The first-order chi connectivity index (χ1) is 8.20. The van der Waals surface area contributed by atoms with Gasteiger partial charge in [-0.25, -0.2) is 0 Å². The summed E-state index contributed by atoms with van der Waals surface area (Å²) in [5, 5.41) is 6.71. The van der Waals surface area contributed by atoms with Crippen molar-refractivity contribution in [2.75, 3.05) is 0 Å². The summed E-state index contributed by atoms with van der Waals surface area (Å²) in [6.07, 6.45) is 6.51. The van der Waals surface area contributed by atoms with E-state index < -0.39 is 0 Å². The van der Waals surface area contributed by atoms with Crippen molar-refractivity contribution in [3.05, 3.63) is 21.5 Å². The van der Waals surface area contributed by atoms with Crippen LogP contribution in [0.25, 0.3) is 0 Å². The van der Waals surface area contributed by atoms with Gasteiger partial charge in [-0.15, -0.1) is 0 Å². The fraction of sp³-hybridized carbons (Fsp3) is 0.583. The van der Waals surface area contributed by atoms with Crippen molar-refractivity contribution in [2.45, 2.75) is 43.8 Å². The Hall–Kier alpha value is -0.560. The highest BCUT2D eigenvalue weighted by Crippen LogP contribution is 2.26. The van der Waals surface area contributed by atoms with E-state index in [1.165, 1.54) is 12.8 Å². The minimum atomic E-state index is 0.0271. The summed E-state index contributed by atoms with van der Waals surface area (Å²) in [4.78, 5) is 15.0. The second kappa shape index (κ2) is 4.61. The summed E-state index contributed by atoms with van der Waals surface area (Å²) in [7, 11) is 0. The molecule has 2 aliphatic rings. The van der Waals surface area contributed by atoms with E-state index in [9.17, 15) is 4.79 Å². The van der Waals surface area contributed by atoms with Crippen molar-refractivity contribution in [3.63, 3.8) is 0 Å². The normalized spacial score (nSPS) is 31.5. The van der Waals surface area contributed by atoms with Crippen LogP contribution in [0.1, 0.15) is 36.2 Å². The number of amides is 1. The van der Waals surface area contributed by atoms with E-state index in [2.05, 4.69) is 38.2 Å². The molecule has 3 N–H and O–H groups in total. The highest BCUT2D eigenvalue weighted by molar-refractivity contribution is 14.1. The van der Waals surface area contributed by atoms with Crippen molar-refractivity contribution in [3.8, 4) is 0 Å². The lowest BCUT2D eigenvalue weighted by Gasteiger charge is -2.29. The van der Waals surface area contributed by atoms with Crippen molar-refractivity contribution >= 4 is 28.5 Å². The third-order valence-electron chi connectivity index (χ3n) is 3.70. The minimum Gasteiger partial charge on any atom is -0.356 e. The lowest BCUT2D eigenvalue weighted by atomic mass is 10.00. The molecule has 3 rings (SSSR count). The first-order valence-electron chi connectivity index (χ1n) is 6.11. The topological polar surface area (TPSA) is 56.9 Å². The van der Waals surface area contributed by atoms with Crippen molar-refractivity contribution in [1.82, 2.24) is 15.6 Å². The fourth-order valence-corrected chi connectivity index (χ4v) is 3.40. The number of carbonyl (C=O) groups is 1. The molecule has 3 heterocycles. The van der Waals surface area contributed by atoms with Crippen LogP contribution >= 0.6 is 22.6 Å². The van der Waals surface area contributed by atoms with Gasteiger partial charge < -0.3 is 15.6 Å². The number of aromatic nitrogens is 1. The Bertz CT molecular complexity index is 419. The zero-order valence-corrected chi connectivity index (χ0v) is 11.7. The molecule has 0 aromatic carbocycles. The summed E-state index contributed by atoms with van der Waals surface area (Å²) >= 11 is 2.20. The van der Waals surface area contributed by atoms with Crippen LogP contribution in [0.3, 0.4) is 0 Å². The maximum atomic E-state index is 12.0. The van der Waals surface area contributed by atoms with E-state index in [1.54, 1.807) is 0 Å². The third-order valence-corrected chi connectivity index (χ3v) is 4.32. The van der Waals surface area contributed by atoms with Crippen LogP contribution in [0.5, 0.6) is 0 Å². The van der Waals surface area contributed by atoms with Crippen LogP contribution in [-0.4, -0.2) is 29.0 Å². The number of hydrogen-bond donors (Lipinski definition) is 3. The van der Waals surface area contributed by atoms with Crippen LogP contribution in [-0.2, 0) is 0 Å². The fourth-order valence-electron chi connectivity index (χ4n) is 2.94. The summed E-state index contributed by atoms with van der Waals surface area (Å²) in [5.41, 5.74) is 0.667. The van der Waals surface area contributed by atoms with Gasteiger partial charge in [-0.05, 0) is 54.3 Å². The van der Waals surface area contributed by atoms with Crippen molar-refractivity contribution in [2.24, 2.45) is 0 Å². The first-order valence-corrected chi connectivity index (χ1v) is 7.19. The van der Waals surface area contributed by atoms with Gasteiger partial charge in [0.05, 0.1) is 0 Å². The lowest BCUT2D eigenvalue weighted by molar-refractivity contribution is 0.0919. The van der Waals surface area contributed by atoms with Gasteiger partial charge in [0.15, 0.2) is 0 Å². The Morgan fingerprint density at radius 1 is 1.35 bits per heavy atom. The van der Waals surface area contributed by atoms with Gasteiger partial charge in [0.2, 0.25) is 0 Å². The van der Waals surface area contributed by atoms with E-state index >= 15 is 0 Å². The highest BCUT2D eigenvalue weighted by atomic mass is 127. The van der Waals surface area contributed by atoms with Crippen LogP contribution in [0.2, 0.25) is 0 Å². The average molecular weight is 345 g/mol. The molecule has 1 aromatic rings. The maximum Gasteiger partial charge on any atom is 0.267 e. The molecule has 5 heteroatoms. The Balaban J connectivity index is 1.62. The molecule has 4 nitrogen and oxygen atoms in total. The van der Waals surface area contributed by atoms with Gasteiger partial charge >= 0.3 is 0 Å². The molecule has 2 unspecified atom stereocenters. The lowest BCUT2D eigenvalue weighted by Crippen LogP contribution is -2.48. The molecular formula is C12H16IN3O. The largest absolute Gasteiger partial charge is 0.356 e. The summed E-state index contributed by atoms with van der Waals surface area (Å²) in [5.74, 6) is 0.0271. The SMILES string of the molecule is O=C(NC1CC2CCC(C1)N2)c1cc(I)c[nH]1. The second-order valence-corrected chi connectivity index (χ2v) is 6.26. The quantitative estimate of drug-likeness (QED) is 0.714. The molecule has 0 saturated carbocycles. The summed E-state index contributed by atoms with van der Waals surface area (Å²) in [6, 6.07) is 3.44. The highest BCUT2D eigenvalue weighted by Gasteiger charge is 2.34. The van der Waals surface area contributed by atoms with Gasteiger partial charge in [-0.1, -0.05) is 0 Å². The number of hydrogen-bond acceptors (Lipinski definition) is 2. The molecule has 1 aromatic heterocycles. The number of piperidine rings is 1. The van der Waals surface area contributed by atoms with Gasteiger partial charge in [0, 0.05) is 27.9 Å². The zero-order valence-electron chi connectivity index (χ0n) is 9.50. The smallest absolute Gasteiger partial charge is 0.267 e. The molecule has 0 spiro atoms. The molecule has 2 saturated heterocycles. The second-order valence-electron chi connectivity index (χ2n) is 5.01. The number of nitrogens with one attached hydrogen (secondary N) is 3. The van der Waals surface area contributed by atoms with E-state index in [4.69, 9.17) is 0 Å². The molecule has 2 aliphatic heterocycles. The number of rotatable bonds is 2. The van der Waals surface area contributed by atoms with E-state index in [0.29, 0.717) is 23.8 Å². The van der Waals surface area contributed by atoms with Crippen molar-refractivity contribution in [1.29, 1.82) is 0 Å². The van der Waals surface area contributed by atoms with E-state index in [-0.39, 0.29) is 5.91 Å². The van der Waals surface area contributed by atoms with E-state index in [1.807, 2.05) is 12.3 Å². The van der Waals surface area contributed by atoms with Crippen LogP contribution < -0.4 is 10.6 Å². The Morgan fingerprint density at radius 2 is 2.06 bits per heavy atom. The number of aromatic amines is 1. The number of H-pyrrole nitrogens is 1. The maximum absolute atomic E-state index is 12.0. The van der Waals surface area contributed by atoms with Gasteiger partial charge in [0.25, 0.3) is 5.91 Å². The van der Waals surface area contributed by atoms with Gasteiger partial charge in [-0.2, -0.15) is 0 Å². The molecule has 2 bridgehead atoms. The standard InChI is InChI=1S/C12H16IN3O/c13-7-3-11(14-6-7)12(17)16-10-4-8-1-2-9(5-10)15-8/h3,6,8-10,14-15H,1-2,4-5H2,(H,16,17). The molecule has 0 radical (unpaired) electrons. The van der Waals surface area contributed by atoms with E-state index in [0.717, 1.165) is 16.4 Å². The van der Waals surface area contributed by atoms with Crippen LogP contribution in [0, 0.1) is 3.57 Å². The predicted molar refractivity (Wildman–Crippen MR) is 73.9 cm³/mol. The third kappa shape index (κ3) is 2.49. The number of halogens is 1. The molecule has 17 heavy (non-hydrogen) atoms. The Morgan fingerprint density at radius 3 is 2.65 bits per heavy atom. The number of fused-ring (bicyclic) bond motifs is 2. The summed E-state index contributed by atoms with van der Waals surface area (Å²) in [6.45, 7) is 0. The Kier molecular flexibility index (Phi) is 3.12. The van der Waals surface area contributed by atoms with Crippen LogP contribution in [0.15, 0.2) is 12.3 Å². The van der Waals surface area contributed by atoms with Crippen molar-refractivity contribution < 1.29 is 4.79 Å². The predicted octanol–water partition coefficient (Wildman–Crippen LogP) is 1.63. The summed E-state index contributed by atoms with van der Waals surface area (Å²) < 4.78 is 1.07. The molecule has 0 aliphatic carbocycles. The minimum absolute atomic E-state index is 0.0271. The molecule has 2 fully saturated rings. The van der Waals surface area contributed by atoms with Gasteiger partial charge in [-0.3, -0.25) is 4.79 Å². The first kappa shape index (κ1) is 11.5. The monoisotopic (exact) mass is 345 g/mol. The zero-order chi connectivity index (χ0) is 11.8. The van der Waals surface area contributed by atoms with Crippen LogP contribution in [0.4, 0.5) is 0 Å². The molecule has 2 atom stereocenters. The average Bonchev–Trinajstić information content (AvgIpc) is 2.85. The molecule has 92 valence electrons. The Labute approximate surface area is 114 Å². The molecule has 1 amide bonds. The number of carbonyl (C=O) groups excluding carboxylic acids is 1.